The molecule has 4 aromatic rings. The van der Waals surface area contributed by atoms with Crippen LogP contribution in [-0.2, 0) is 6.11 Å². The number of halogens is 4. The minimum atomic E-state index is -3.62. The summed E-state index contributed by atoms with van der Waals surface area (Å²) >= 11 is 0. The molecule has 170 valence electrons. The summed E-state index contributed by atoms with van der Waals surface area (Å²) in [6.45, 7) is 5.98. The van der Waals surface area contributed by atoms with Gasteiger partial charge in [0.1, 0.15) is 17.4 Å². The van der Waals surface area contributed by atoms with E-state index < -0.39 is 23.3 Å². The molecule has 1 nitrogen and oxygen atoms in total. The van der Waals surface area contributed by atoms with Crippen LogP contribution >= 0.6 is 0 Å². The summed E-state index contributed by atoms with van der Waals surface area (Å²) in [5.41, 5.74) is 3.12. The first-order valence-corrected chi connectivity index (χ1v) is 10.6. The molecule has 4 aromatic carbocycles. The smallest absolute Gasteiger partial charge is 0.426 e. The zero-order valence-corrected chi connectivity index (χ0v) is 18.6. The van der Waals surface area contributed by atoms with Gasteiger partial charge in [-0.3, -0.25) is 0 Å². The second-order valence-electron chi connectivity index (χ2n) is 7.21. The Morgan fingerprint density at radius 3 is 1.76 bits per heavy atom. The van der Waals surface area contributed by atoms with E-state index in [-0.39, 0.29) is 5.75 Å². The topological polar surface area (TPSA) is 9.23 Å². The molecule has 0 unspecified atom stereocenters. The summed E-state index contributed by atoms with van der Waals surface area (Å²) in [4.78, 5) is 0. The van der Waals surface area contributed by atoms with Crippen LogP contribution in [0.1, 0.15) is 25.0 Å². The van der Waals surface area contributed by atoms with Crippen molar-refractivity contribution in [1.29, 1.82) is 0 Å². The van der Waals surface area contributed by atoms with E-state index in [4.69, 9.17) is 4.74 Å². The third kappa shape index (κ3) is 5.80. The van der Waals surface area contributed by atoms with Crippen LogP contribution in [0.25, 0.3) is 22.3 Å². The van der Waals surface area contributed by atoms with Crippen molar-refractivity contribution < 1.29 is 22.3 Å². The lowest BCUT2D eigenvalue weighted by atomic mass is 9.98. The average Bonchev–Trinajstić information content (AvgIpc) is 2.82. The molecule has 0 N–H and O–H groups in total. The number of ether oxygens (including phenoxy) is 1. The molecule has 0 aliphatic rings. The molecule has 0 aromatic heterocycles. The van der Waals surface area contributed by atoms with Crippen molar-refractivity contribution in [2.75, 3.05) is 0 Å². The van der Waals surface area contributed by atoms with E-state index in [9.17, 15) is 17.6 Å². The van der Waals surface area contributed by atoms with Gasteiger partial charge in [0, 0.05) is 5.56 Å². The summed E-state index contributed by atoms with van der Waals surface area (Å²) < 4.78 is 61.3. The zero-order chi connectivity index (χ0) is 24.0. The van der Waals surface area contributed by atoms with Crippen LogP contribution in [0.2, 0.25) is 0 Å². The van der Waals surface area contributed by atoms with Crippen LogP contribution in [0, 0.1) is 18.6 Å². The fourth-order valence-corrected chi connectivity index (χ4v) is 3.23. The second kappa shape index (κ2) is 10.3. The van der Waals surface area contributed by atoms with E-state index in [0.717, 1.165) is 41.0 Å². The Morgan fingerprint density at radius 1 is 0.636 bits per heavy atom. The summed E-state index contributed by atoms with van der Waals surface area (Å²) in [6, 6.07) is 22.1. The molecule has 0 aliphatic carbocycles. The van der Waals surface area contributed by atoms with Gasteiger partial charge in [0.25, 0.3) is 0 Å². The molecular formula is C28H24F4O. The molecule has 0 heterocycles. The predicted molar refractivity (Wildman–Crippen MR) is 124 cm³/mol. The Kier molecular flexibility index (Phi) is 7.54. The van der Waals surface area contributed by atoms with Crippen LogP contribution in [0.5, 0.6) is 5.75 Å². The first kappa shape index (κ1) is 24.1. The van der Waals surface area contributed by atoms with E-state index in [0.29, 0.717) is 11.1 Å². The first-order chi connectivity index (χ1) is 15.8. The Labute approximate surface area is 191 Å². The quantitative estimate of drug-likeness (QED) is 0.275. The molecule has 0 fully saturated rings. The Balaban J connectivity index is 0.00000149. The van der Waals surface area contributed by atoms with Crippen molar-refractivity contribution >= 4 is 0 Å². The SMILES string of the molecule is CC.Cc1ccc(-c2ccc(-c3ccc(C(F)(F)Oc4ccc(F)cc4)cc3)c(F)c2)cc1. The van der Waals surface area contributed by atoms with Crippen molar-refractivity contribution in [3.8, 4) is 28.0 Å². The molecule has 0 spiro atoms. The van der Waals surface area contributed by atoms with Crippen molar-refractivity contribution in [3.05, 3.63) is 114 Å². The highest BCUT2D eigenvalue weighted by Gasteiger charge is 2.34. The normalized spacial score (nSPS) is 10.9. The monoisotopic (exact) mass is 452 g/mol. The lowest BCUT2D eigenvalue weighted by molar-refractivity contribution is -0.185. The van der Waals surface area contributed by atoms with Crippen LogP contribution in [0.4, 0.5) is 17.6 Å². The fraction of sp³-hybridized carbons (Fsp3) is 0.143. The van der Waals surface area contributed by atoms with Gasteiger partial charge in [-0.2, -0.15) is 8.78 Å². The molecule has 0 radical (unpaired) electrons. The van der Waals surface area contributed by atoms with Crippen LogP contribution in [-0.4, -0.2) is 0 Å². The number of rotatable bonds is 5. The van der Waals surface area contributed by atoms with Gasteiger partial charge in [-0.05, 0) is 66.1 Å². The highest BCUT2D eigenvalue weighted by atomic mass is 19.3. The molecular weight excluding hydrogens is 428 g/mol. The van der Waals surface area contributed by atoms with E-state index >= 15 is 0 Å². The van der Waals surface area contributed by atoms with Crippen molar-refractivity contribution in [2.45, 2.75) is 26.9 Å². The lowest BCUT2D eigenvalue weighted by Crippen LogP contribution is -2.21. The summed E-state index contributed by atoms with van der Waals surface area (Å²) in [6.07, 6.45) is -3.62. The maximum atomic E-state index is 14.8. The third-order valence-electron chi connectivity index (χ3n) is 4.95. The van der Waals surface area contributed by atoms with Gasteiger partial charge in [-0.1, -0.05) is 67.9 Å². The van der Waals surface area contributed by atoms with Gasteiger partial charge < -0.3 is 4.74 Å². The number of alkyl halides is 2. The molecule has 5 heteroatoms. The van der Waals surface area contributed by atoms with Crippen molar-refractivity contribution in [1.82, 2.24) is 0 Å². The van der Waals surface area contributed by atoms with Crippen molar-refractivity contribution in [2.24, 2.45) is 0 Å². The fourth-order valence-electron chi connectivity index (χ4n) is 3.23. The molecule has 0 aliphatic heterocycles. The van der Waals surface area contributed by atoms with Gasteiger partial charge in [0.15, 0.2) is 0 Å². The van der Waals surface area contributed by atoms with E-state index in [1.165, 1.54) is 30.3 Å². The van der Waals surface area contributed by atoms with Gasteiger partial charge in [0.05, 0.1) is 5.56 Å². The Bertz CT molecular complexity index is 1180. The molecule has 33 heavy (non-hydrogen) atoms. The molecule has 0 amide bonds. The second-order valence-corrected chi connectivity index (χ2v) is 7.21. The standard InChI is InChI=1S/C26H18F4O.C2H6/c1-17-2-4-18(5-3-17)20-8-15-24(25(28)16-20)19-6-9-21(10-7-19)26(29,30)31-23-13-11-22(27)12-14-23;1-2/h2-16H,1H3;1-2H3. The third-order valence-corrected chi connectivity index (χ3v) is 4.95. The highest BCUT2D eigenvalue weighted by Crippen LogP contribution is 2.34. The van der Waals surface area contributed by atoms with Gasteiger partial charge >= 0.3 is 6.11 Å². The summed E-state index contributed by atoms with van der Waals surface area (Å²) in [5.74, 6) is -1.15. The summed E-state index contributed by atoms with van der Waals surface area (Å²) in [7, 11) is 0. The van der Waals surface area contributed by atoms with E-state index in [1.807, 2.05) is 45.0 Å². The lowest BCUT2D eigenvalue weighted by Gasteiger charge is -2.18. The first-order valence-electron chi connectivity index (χ1n) is 10.6. The molecule has 0 saturated heterocycles. The maximum absolute atomic E-state index is 14.8. The number of hydrogen-bond acceptors (Lipinski definition) is 1. The van der Waals surface area contributed by atoms with Crippen LogP contribution < -0.4 is 4.74 Å². The van der Waals surface area contributed by atoms with Crippen LogP contribution in [0.3, 0.4) is 0 Å². The predicted octanol–water partition coefficient (Wildman–Crippen LogP) is 8.76. The number of benzene rings is 4. The van der Waals surface area contributed by atoms with E-state index in [1.54, 1.807) is 12.1 Å². The largest absolute Gasteiger partial charge is 0.429 e. The van der Waals surface area contributed by atoms with E-state index in [2.05, 4.69) is 0 Å². The van der Waals surface area contributed by atoms with Gasteiger partial charge in [0.2, 0.25) is 0 Å². The number of hydrogen-bond donors (Lipinski definition) is 0. The minimum absolute atomic E-state index is 0.159. The Hall–Kier alpha value is -3.60. The molecule has 0 bridgehead atoms. The Morgan fingerprint density at radius 2 is 1.18 bits per heavy atom. The molecule has 4 rings (SSSR count). The number of aryl methyl sites for hydroxylation is 1. The highest BCUT2D eigenvalue weighted by molar-refractivity contribution is 5.71. The van der Waals surface area contributed by atoms with Crippen molar-refractivity contribution in [3.63, 3.8) is 0 Å². The summed E-state index contributed by atoms with van der Waals surface area (Å²) in [5, 5.41) is 0. The molecule has 0 saturated carbocycles. The van der Waals surface area contributed by atoms with Gasteiger partial charge in [-0.25, -0.2) is 8.78 Å². The zero-order valence-electron chi connectivity index (χ0n) is 18.6. The molecule has 0 atom stereocenters. The van der Waals surface area contributed by atoms with Gasteiger partial charge in [-0.15, -0.1) is 0 Å². The van der Waals surface area contributed by atoms with Crippen LogP contribution in [0.15, 0.2) is 91.0 Å². The average molecular weight is 452 g/mol. The maximum Gasteiger partial charge on any atom is 0.426 e. The minimum Gasteiger partial charge on any atom is -0.429 e.